The summed E-state index contributed by atoms with van der Waals surface area (Å²) in [6, 6.07) is 13.6. The number of piperazine rings is 1. The zero-order valence-electron chi connectivity index (χ0n) is 55.0. The first kappa shape index (κ1) is 75.6. The predicted molar refractivity (Wildman–Crippen MR) is 355 cm³/mol. The molecule has 27 nitrogen and oxygen atoms in total. The van der Waals surface area contributed by atoms with Gasteiger partial charge in [-0.2, -0.15) is 0 Å². The lowest BCUT2D eigenvalue weighted by molar-refractivity contribution is -0.146. The number of nitrogens with zero attached hydrogens (tertiary/aromatic N) is 10. The number of hydrogen-bond donors (Lipinski definition) is 6. The second kappa shape index (κ2) is 38.2. The third kappa shape index (κ3) is 25.3. The summed E-state index contributed by atoms with van der Waals surface area (Å²) in [4.78, 5) is 150. The molecular weight excluding hydrogens is 1270 g/mol. The summed E-state index contributed by atoms with van der Waals surface area (Å²) >= 11 is 1.24. The number of halogens is 2. The van der Waals surface area contributed by atoms with Crippen LogP contribution in [0.25, 0.3) is 10.9 Å². The molecule has 0 spiro atoms. The molecule has 4 saturated heterocycles. The van der Waals surface area contributed by atoms with Crippen LogP contribution in [-0.4, -0.2) is 305 Å². The number of carboxylic acids is 3. The van der Waals surface area contributed by atoms with Gasteiger partial charge in [-0.3, -0.25) is 87.3 Å². The zero-order valence-corrected chi connectivity index (χ0v) is 55.8. The number of hydrogen-bond acceptors (Lipinski definition) is 19. The summed E-state index contributed by atoms with van der Waals surface area (Å²) < 4.78 is 34.4. The molecule has 2 aromatic carbocycles. The van der Waals surface area contributed by atoms with E-state index in [9.17, 15) is 72.0 Å². The first-order valence-corrected chi connectivity index (χ1v) is 34.1. The van der Waals surface area contributed by atoms with Gasteiger partial charge < -0.3 is 45.8 Å². The van der Waals surface area contributed by atoms with Gasteiger partial charge in [-0.15, -0.1) is 11.8 Å². The third-order valence-electron chi connectivity index (χ3n) is 17.4. The molecule has 5 heterocycles. The van der Waals surface area contributed by atoms with Crippen molar-refractivity contribution in [1.29, 1.82) is 0 Å². The minimum atomic E-state index is -3.06. The second-order valence-electron chi connectivity index (χ2n) is 25.0. The number of carbonyl (C=O) groups excluding carboxylic acids is 7. The van der Waals surface area contributed by atoms with E-state index in [0.717, 1.165) is 42.0 Å². The molecule has 3 aromatic rings. The number of pyridine rings is 1. The Balaban J connectivity index is 0.863. The number of ether oxygens (including phenoxy) is 1. The molecule has 0 saturated carbocycles. The van der Waals surface area contributed by atoms with Gasteiger partial charge in [0.15, 0.2) is 0 Å². The van der Waals surface area contributed by atoms with E-state index in [4.69, 9.17) is 4.74 Å². The van der Waals surface area contributed by atoms with Crippen LogP contribution < -0.4 is 20.7 Å². The number of fused-ring (bicyclic) bond motifs is 1. The minimum absolute atomic E-state index is 0.0291. The van der Waals surface area contributed by atoms with Crippen molar-refractivity contribution in [1.82, 2.24) is 60.1 Å². The first-order valence-electron chi connectivity index (χ1n) is 33.0. The number of aliphatic carboxylic acids is 3. The van der Waals surface area contributed by atoms with Gasteiger partial charge in [0.2, 0.25) is 35.4 Å². The number of carboxylic acid groups (broad SMARTS) is 3. The number of aromatic nitrogens is 1. The van der Waals surface area contributed by atoms with Crippen molar-refractivity contribution < 1.29 is 76.8 Å². The molecule has 4 aliphatic rings. The molecule has 526 valence electrons. The third-order valence-corrected chi connectivity index (χ3v) is 18.8. The number of amides is 7. The van der Waals surface area contributed by atoms with Crippen LogP contribution in [0.3, 0.4) is 0 Å². The molecule has 0 aliphatic carbocycles. The molecule has 0 bridgehead atoms. The van der Waals surface area contributed by atoms with Gasteiger partial charge in [0.05, 0.1) is 68.2 Å². The van der Waals surface area contributed by atoms with Crippen molar-refractivity contribution in [2.24, 2.45) is 4.99 Å². The maximum atomic E-state index is 14.2. The summed E-state index contributed by atoms with van der Waals surface area (Å²) in [5.74, 6) is -8.42. The Morgan fingerprint density at radius 3 is 1.97 bits per heavy atom. The van der Waals surface area contributed by atoms with Crippen molar-refractivity contribution in [2.75, 3.05) is 157 Å². The molecular formula is C66H93F2N13O14S. The standard InChI is InChI=1S/C66H93F2N13O14S/c1-47-12-14-48(15-13-47)9-8-11-56(82)71-19-5-3-4-10-49(73-57(83)40-75-22-24-76(42-61(87)88)26-28-78(44-63(91)92)29-27-77(25-23-75)43-62(89)90)45-96-55-36-58(84)80(65(55)94)41-60(86)79-32-30-74(31-33-79)21-6-7-34-95-51-16-17-54-53(35-51)52(18-20-70-54)64(93)72-39-59(85)81-46-66(67,68)37-50(81)38-69-2/h12-18,20,35,38,49-50,55H,3-11,19,21-34,36-37,39-46H2,1-2H3,(H,71,82)(H,72,93)(H,73,83)(H,87,88)(H,89,90)(H,91,92)/t49?,50-,55?/m1/s1. The molecule has 7 rings (SSSR count). The number of thioether (sulfide) groups is 1. The van der Waals surface area contributed by atoms with E-state index >= 15 is 0 Å². The van der Waals surface area contributed by atoms with Crippen LogP contribution in [0.1, 0.15) is 85.7 Å². The number of rotatable bonds is 34. The van der Waals surface area contributed by atoms with Crippen molar-refractivity contribution in [2.45, 2.75) is 101 Å². The lowest BCUT2D eigenvalue weighted by Gasteiger charge is -2.35. The van der Waals surface area contributed by atoms with E-state index < -0.39 is 90.8 Å². The lowest BCUT2D eigenvalue weighted by atomic mass is 10.1. The number of aryl methyl sites for hydroxylation is 2. The first-order chi connectivity index (χ1) is 46.0. The molecule has 96 heavy (non-hydrogen) atoms. The Hall–Kier alpha value is -7.77. The zero-order chi connectivity index (χ0) is 69.2. The fourth-order valence-electron chi connectivity index (χ4n) is 12.1. The van der Waals surface area contributed by atoms with Crippen LogP contribution in [-0.2, 0) is 49.6 Å². The van der Waals surface area contributed by atoms with Crippen LogP contribution in [0.2, 0.25) is 0 Å². The number of nitrogens with one attached hydrogen (secondary N) is 3. The summed E-state index contributed by atoms with van der Waals surface area (Å²) in [6.45, 7) is 4.67. The Labute approximate surface area is 562 Å². The van der Waals surface area contributed by atoms with E-state index in [0.29, 0.717) is 88.1 Å². The predicted octanol–water partition coefficient (Wildman–Crippen LogP) is 2.03. The number of carbonyl (C=O) groups is 10. The van der Waals surface area contributed by atoms with Crippen LogP contribution in [0.15, 0.2) is 59.7 Å². The Morgan fingerprint density at radius 2 is 1.34 bits per heavy atom. The topological polar surface area (TPSA) is 328 Å². The van der Waals surface area contributed by atoms with Gasteiger partial charge in [0.1, 0.15) is 12.3 Å². The summed E-state index contributed by atoms with van der Waals surface area (Å²) in [5.41, 5.74) is 3.10. The molecule has 30 heteroatoms. The monoisotopic (exact) mass is 1360 g/mol. The largest absolute Gasteiger partial charge is 0.494 e. The maximum Gasteiger partial charge on any atom is 0.317 e. The van der Waals surface area contributed by atoms with Gasteiger partial charge in [-0.25, -0.2) is 8.78 Å². The SMILES string of the molecule is CN=C[C@H]1CC(F)(F)CN1C(=O)CNC(=O)c1ccnc2ccc(OCCCCN3CCN(C(=O)CN4C(=O)CC(SCC(CCCCCNC(=O)CCCc5ccc(C)cc5)NC(=O)CN5CCN(CC(=O)O)CCN(CC(=O)O)CCN(CC(=O)O)CC5)C4=O)CC3)cc12. The number of likely N-dealkylation sites (tertiary alicyclic amines) is 2. The normalized spacial score (nSPS) is 19.3. The fourth-order valence-corrected chi connectivity index (χ4v) is 13.4. The number of benzene rings is 2. The number of alkyl halides is 2. The molecule has 6 N–H and O–H groups in total. The average molecular weight is 1360 g/mol. The molecule has 4 aliphatic heterocycles. The van der Waals surface area contributed by atoms with Crippen LogP contribution >= 0.6 is 11.8 Å². The second-order valence-corrected chi connectivity index (χ2v) is 26.2. The van der Waals surface area contributed by atoms with Crippen LogP contribution in [0.5, 0.6) is 5.75 Å². The summed E-state index contributed by atoms with van der Waals surface area (Å²) in [5, 5.41) is 37.4. The van der Waals surface area contributed by atoms with Crippen molar-refractivity contribution in [3.05, 3.63) is 71.4 Å². The quantitative estimate of drug-likeness (QED) is 0.0283. The van der Waals surface area contributed by atoms with E-state index in [1.165, 1.54) is 48.4 Å². The van der Waals surface area contributed by atoms with Gasteiger partial charge in [-0.05, 0) is 81.8 Å². The fraction of sp³-hybridized carbons (Fsp3) is 0.606. The Kier molecular flexibility index (Phi) is 30.1. The minimum Gasteiger partial charge on any atom is -0.494 e. The number of aliphatic imine (C=N–C) groups is 1. The molecule has 3 atom stereocenters. The molecule has 0 radical (unpaired) electrons. The highest BCUT2D eigenvalue weighted by Crippen LogP contribution is 2.32. The van der Waals surface area contributed by atoms with Gasteiger partial charge >= 0.3 is 17.9 Å². The number of unbranched alkanes of at least 4 members (excludes halogenated alkanes) is 3. The van der Waals surface area contributed by atoms with E-state index in [1.807, 2.05) is 11.8 Å². The number of imide groups is 1. The highest BCUT2D eigenvalue weighted by atomic mass is 32.2. The van der Waals surface area contributed by atoms with E-state index in [-0.39, 0.29) is 114 Å². The van der Waals surface area contributed by atoms with Crippen molar-refractivity contribution in [3.63, 3.8) is 0 Å². The smallest absolute Gasteiger partial charge is 0.317 e. The van der Waals surface area contributed by atoms with Crippen LogP contribution in [0, 0.1) is 6.92 Å². The lowest BCUT2D eigenvalue weighted by Crippen LogP contribution is -2.52. The molecule has 2 unspecified atom stereocenters. The van der Waals surface area contributed by atoms with Gasteiger partial charge in [0.25, 0.3) is 11.8 Å². The summed E-state index contributed by atoms with van der Waals surface area (Å²) in [6.07, 6.45) is 8.05. The van der Waals surface area contributed by atoms with Gasteiger partial charge in [0, 0.05) is 141 Å². The average Bonchev–Trinajstić information content (AvgIpc) is 1.23. The Bertz CT molecular complexity index is 3150. The van der Waals surface area contributed by atoms with E-state index in [2.05, 4.69) is 55.1 Å². The maximum absolute atomic E-state index is 14.2. The Morgan fingerprint density at radius 1 is 0.719 bits per heavy atom. The van der Waals surface area contributed by atoms with Crippen molar-refractivity contribution in [3.8, 4) is 5.75 Å². The van der Waals surface area contributed by atoms with Crippen molar-refractivity contribution >= 4 is 88.1 Å². The highest BCUT2D eigenvalue weighted by Gasteiger charge is 2.46. The highest BCUT2D eigenvalue weighted by molar-refractivity contribution is 8.00. The molecule has 4 fully saturated rings. The molecule has 1 aromatic heterocycles. The summed E-state index contributed by atoms with van der Waals surface area (Å²) in [7, 11) is 1.44. The van der Waals surface area contributed by atoms with Gasteiger partial charge in [-0.1, -0.05) is 42.7 Å². The molecule has 7 amide bonds. The van der Waals surface area contributed by atoms with E-state index in [1.54, 1.807) is 37.8 Å². The van der Waals surface area contributed by atoms with Crippen LogP contribution in [0.4, 0.5) is 8.78 Å².